The van der Waals surface area contributed by atoms with Crippen LogP contribution in [0.3, 0.4) is 0 Å². The van der Waals surface area contributed by atoms with Crippen molar-refractivity contribution in [2.24, 2.45) is 0 Å². The van der Waals surface area contributed by atoms with Gasteiger partial charge in [0.25, 0.3) is 5.91 Å². The van der Waals surface area contributed by atoms with Crippen molar-refractivity contribution in [3.8, 4) is 11.5 Å². The van der Waals surface area contributed by atoms with Gasteiger partial charge >= 0.3 is 5.97 Å². The number of esters is 1. The van der Waals surface area contributed by atoms with E-state index in [0.29, 0.717) is 18.7 Å². The molecule has 144 valence electrons. The monoisotopic (exact) mass is 371 g/mol. The minimum absolute atomic E-state index is 0.233. The Bertz CT molecular complexity index is 771. The molecule has 0 atom stereocenters. The van der Waals surface area contributed by atoms with Gasteiger partial charge < -0.3 is 19.5 Å². The fourth-order valence-corrected chi connectivity index (χ4v) is 2.38. The number of nitrogens with one attached hydrogen (secondary N) is 1. The van der Waals surface area contributed by atoms with Crippen LogP contribution in [0.2, 0.25) is 0 Å². The molecule has 1 amide bonds. The Morgan fingerprint density at radius 1 is 1.00 bits per heavy atom. The first-order valence-electron chi connectivity index (χ1n) is 8.73. The fourth-order valence-electron chi connectivity index (χ4n) is 2.38. The molecule has 0 saturated carbocycles. The van der Waals surface area contributed by atoms with Gasteiger partial charge in [-0.3, -0.25) is 4.79 Å². The van der Waals surface area contributed by atoms with Crippen LogP contribution in [0.25, 0.3) is 0 Å². The molecule has 0 heterocycles. The van der Waals surface area contributed by atoms with E-state index in [1.54, 1.807) is 7.11 Å². The predicted molar refractivity (Wildman–Crippen MR) is 102 cm³/mol. The smallest absolute Gasteiger partial charge is 0.344 e. The number of hydrogen-bond donors (Lipinski definition) is 1. The molecule has 2 aromatic carbocycles. The molecule has 6 nitrogen and oxygen atoms in total. The topological polar surface area (TPSA) is 73.9 Å². The van der Waals surface area contributed by atoms with Crippen LogP contribution in [-0.2, 0) is 20.7 Å². The summed E-state index contributed by atoms with van der Waals surface area (Å²) in [7, 11) is 1.61. The molecule has 0 fully saturated rings. The molecular formula is C21H25NO5. The highest BCUT2D eigenvalue weighted by molar-refractivity contribution is 5.80. The zero-order chi connectivity index (χ0) is 19.6. The number of aryl methyl sites for hydroxylation is 2. The van der Waals surface area contributed by atoms with Crippen molar-refractivity contribution in [2.75, 3.05) is 26.9 Å². The van der Waals surface area contributed by atoms with E-state index >= 15 is 0 Å². The van der Waals surface area contributed by atoms with Crippen LogP contribution in [0.15, 0.2) is 42.5 Å². The largest absolute Gasteiger partial charge is 0.497 e. The molecule has 0 unspecified atom stereocenters. The maximum absolute atomic E-state index is 11.8. The third-order valence-corrected chi connectivity index (χ3v) is 3.95. The van der Waals surface area contributed by atoms with Gasteiger partial charge in [-0.1, -0.05) is 24.3 Å². The first-order valence-corrected chi connectivity index (χ1v) is 8.73. The van der Waals surface area contributed by atoms with Gasteiger partial charge in [-0.15, -0.1) is 0 Å². The lowest BCUT2D eigenvalue weighted by Gasteiger charge is -2.10. The van der Waals surface area contributed by atoms with E-state index in [0.717, 1.165) is 22.4 Å². The van der Waals surface area contributed by atoms with Crippen LogP contribution in [0, 0.1) is 13.8 Å². The summed E-state index contributed by atoms with van der Waals surface area (Å²) in [6, 6.07) is 13.4. The number of ether oxygens (including phenoxy) is 3. The van der Waals surface area contributed by atoms with E-state index in [1.807, 2.05) is 56.3 Å². The normalized spacial score (nSPS) is 10.2. The third-order valence-electron chi connectivity index (χ3n) is 3.95. The average Bonchev–Trinajstić information content (AvgIpc) is 2.67. The SMILES string of the molecule is COc1ccc(CCNC(=O)COC(=O)COc2cc(C)ccc2C)cc1. The van der Waals surface area contributed by atoms with Gasteiger partial charge in [-0.2, -0.15) is 0 Å². The molecule has 0 bridgehead atoms. The van der Waals surface area contributed by atoms with Gasteiger partial charge in [0.2, 0.25) is 0 Å². The Morgan fingerprint density at radius 3 is 2.44 bits per heavy atom. The summed E-state index contributed by atoms with van der Waals surface area (Å²) in [5.74, 6) is 0.499. The summed E-state index contributed by atoms with van der Waals surface area (Å²) >= 11 is 0. The van der Waals surface area contributed by atoms with Crippen molar-refractivity contribution in [1.29, 1.82) is 0 Å². The zero-order valence-corrected chi connectivity index (χ0v) is 15.9. The van der Waals surface area contributed by atoms with Gasteiger partial charge in [-0.05, 0) is 55.2 Å². The van der Waals surface area contributed by atoms with Crippen molar-refractivity contribution in [1.82, 2.24) is 5.32 Å². The van der Waals surface area contributed by atoms with Crippen LogP contribution < -0.4 is 14.8 Å². The fraction of sp³-hybridized carbons (Fsp3) is 0.333. The Hall–Kier alpha value is -3.02. The van der Waals surface area contributed by atoms with Crippen molar-refractivity contribution >= 4 is 11.9 Å². The van der Waals surface area contributed by atoms with Crippen molar-refractivity contribution in [2.45, 2.75) is 20.3 Å². The number of methoxy groups -OCH3 is 1. The van der Waals surface area contributed by atoms with Crippen molar-refractivity contribution in [3.05, 3.63) is 59.2 Å². The van der Waals surface area contributed by atoms with E-state index < -0.39 is 5.97 Å². The molecule has 6 heteroatoms. The lowest BCUT2D eigenvalue weighted by molar-refractivity contribution is -0.150. The quantitative estimate of drug-likeness (QED) is 0.686. The summed E-state index contributed by atoms with van der Waals surface area (Å²) in [4.78, 5) is 23.5. The highest BCUT2D eigenvalue weighted by Gasteiger charge is 2.09. The lowest BCUT2D eigenvalue weighted by atomic mass is 10.1. The molecule has 0 aliphatic heterocycles. The molecule has 1 N–H and O–H groups in total. The Kier molecular flexibility index (Phi) is 7.67. The summed E-state index contributed by atoms with van der Waals surface area (Å²) in [6.45, 7) is 3.75. The number of carbonyl (C=O) groups is 2. The first kappa shape index (κ1) is 20.3. The van der Waals surface area contributed by atoms with Gasteiger partial charge in [0.05, 0.1) is 7.11 Å². The van der Waals surface area contributed by atoms with Crippen LogP contribution in [-0.4, -0.2) is 38.7 Å². The van der Waals surface area contributed by atoms with Gasteiger partial charge in [0, 0.05) is 6.54 Å². The molecule has 0 aliphatic rings. The summed E-state index contributed by atoms with van der Waals surface area (Å²) in [6.07, 6.45) is 0.680. The standard InChI is InChI=1S/C21H25NO5/c1-15-4-5-16(2)19(12-15)26-14-21(24)27-13-20(23)22-11-10-17-6-8-18(25-3)9-7-17/h4-9,12H,10-11,13-14H2,1-3H3,(H,22,23). The van der Waals surface area contributed by atoms with Gasteiger partial charge in [-0.25, -0.2) is 4.79 Å². The van der Waals surface area contributed by atoms with Crippen molar-refractivity contribution < 1.29 is 23.8 Å². The minimum Gasteiger partial charge on any atom is -0.497 e. The molecule has 0 saturated heterocycles. The average molecular weight is 371 g/mol. The Morgan fingerprint density at radius 2 is 1.74 bits per heavy atom. The van der Waals surface area contributed by atoms with Crippen molar-refractivity contribution in [3.63, 3.8) is 0 Å². The Labute approximate surface area is 159 Å². The molecule has 0 aromatic heterocycles. The Balaban J connectivity index is 1.64. The second-order valence-electron chi connectivity index (χ2n) is 6.17. The number of hydrogen-bond acceptors (Lipinski definition) is 5. The summed E-state index contributed by atoms with van der Waals surface area (Å²) < 4.78 is 15.5. The van der Waals surface area contributed by atoms with Crippen LogP contribution in [0.1, 0.15) is 16.7 Å². The number of amides is 1. The zero-order valence-electron chi connectivity index (χ0n) is 15.9. The number of benzene rings is 2. The highest BCUT2D eigenvalue weighted by atomic mass is 16.6. The summed E-state index contributed by atoms with van der Waals surface area (Å²) in [5.41, 5.74) is 3.06. The van der Waals surface area contributed by atoms with E-state index in [-0.39, 0.29) is 19.1 Å². The molecule has 27 heavy (non-hydrogen) atoms. The molecule has 0 aliphatic carbocycles. The van der Waals surface area contributed by atoms with Crippen LogP contribution in [0.4, 0.5) is 0 Å². The molecule has 0 spiro atoms. The lowest BCUT2D eigenvalue weighted by Crippen LogP contribution is -2.31. The van der Waals surface area contributed by atoms with Gasteiger partial charge in [0.1, 0.15) is 11.5 Å². The van der Waals surface area contributed by atoms with E-state index in [1.165, 1.54) is 0 Å². The van der Waals surface area contributed by atoms with E-state index in [9.17, 15) is 9.59 Å². The molecular weight excluding hydrogens is 346 g/mol. The summed E-state index contributed by atoms with van der Waals surface area (Å²) in [5, 5.41) is 2.72. The van der Waals surface area contributed by atoms with E-state index in [2.05, 4.69) is 5.32 Å². The third kappa shape index (κ3) is 7.01. The number of carbonyl (C=O) groups excluding carboxylic acids is 2. The first-order chi connectivity index (χ1) is 13.0. The molecule has 2 rings (SSSR count). The molecule has 2 aromatic rings. The highest BCUT2D eigenvalue weighted by Crippen LogP contribution is 2.18. The number of rotatable bonds is 9. The van der Waals surface area contributed by atoms with Gasteiger partial charge in [0.15, 0.2) is 13.2 Å². The molecule has 0 radical (unpaired) electrons. The minimum atomic E-state index is -0.582. The van der Waals surface area contributed by atoms with Crippen LogP contribution in [0.5, 0.6) is 11.5 Å². The maximum Gasteiger partial charge on any atom is 0.344 e. The van der Waals surface area contributed by atoms with E-state index in [4.69, 9.17) is 14.2 Å². The predicted octanol–water partition coefficient (Wildman–Crippen LogP) is 2.59. The second kappa shape index (κ2) is 10.2. The maximum atomic E-state index is 11.8. The van der Waals surface area contributed by atoms with Crippen LogP contribution >= 0.6 is 0 Å². The second-order valence-corrected chi connectivity index (χ2v) is 6.17.